The van der Waals surface area contributed by atoms with Crippen LogP contribution in [0.15, 0.2) is 24.3 Å². The molecule has 1 aliphatic heterocycles. The van der Waals surface area contributed by atoms with Crippen molar-refractivity contribution in [2.24, 2.45) is 0 Å². The van der Waals surface area contributed by atoms with Gasteiger partial charge in [-0.2, -0.15) is 0 Å². The normalized spacial score (nSPS) is 15.0. The molecule has 1 radical (unpaired) electrons. The van der Waals surface area contributed by atoms with Crippen LogP contribution in [0.2, 0.25) is 0 Å². The van der Waals surface area contributed by atoms with Crippen LogP contribution in [-0.4, -0.2) is 19.6 Å². The molecule has 0 amide bonds. The monoisotopic (exact) mass is 175 g/mol. The zero-order chi connectivity index (χ0) is 9.10. The van der Waals surface area contributed by atoms with Crippen LogP contribution < -0.4 is 10.2 Å². The Balaban J connectivity index is 2.26. The fourth-order valence-corrected chi connectivity index (χ4v) is 1.78. The summed E-state index contributed by atoms with van der Waals surface area (Å²) in [6.45, 7) is 5.38. The summed E-state index contributed by atoms with van der Waals surface area (Å²) in [5.74, 6) is 0. The van der Waals surface area contributed by atoms with E-state index in [0.717, 1.165) is 25.3 Å². The van der Waals surface area contributed by atoms with Crippen molar-refractivity contribution in [3.63, 3.8) is 0 Å². The molecule has 2 nitrogen and oxygen atoms in total. The van der Waals surface area contributed by atoms with Crippen LogP contribution in [0.5, 0.6) is 0 Å². The molecule has 0 fully saturated rings. The lowest BCUT2D eigenvalue weighted by atomic mass is 10.2. The van der Waals surface area contributed by atoms with Gasteiger partial charge in [0.05, 0.1) is 17.9 Å². The van der Waals surface area contributed by atoms with Crippen LogP contribution in [0.4, 0.5) is 11.4 Å². The Kier molecular flexibility index (Phi) is 2.39. The Labute approximate surface area is 79.6 Å². The van der Waals surface area contributed by atoms with Gasteiger partial charge < -0.3 is 4.90 Å². The van der Waals surface area contributed by atoms with Crippen molar-refractivity contribution >= 4 is 11.4 Å². The summed E-state index contributed by atoms with van der Waals surface area (Å²) < 4.78 is 0. The first-order chi connectivity index (χ1) is 6.42. The van der Waals surface area contributed by atoms with E-state index in [0.29, 0.717) is 0 Å². The molecular formula is C11H15N2. The van der Waals surface area contributed by atoms with Gasteiger partial charge in [0.15, 0.2) is 0 Å². The molecule has 1 heterocycles. The van der Waals surface area contributed by atoms with Crippen molar-refractivity contribution in [2.75, 3.05) is 24.5 Å². The van der Waals surface area contributed by atoms with Crippen molar-refractivity contribution in [1.82, 2.24) is 5.32 Å². The second-order valence-corrected chi connectivity index (χ2v) is 3.36. The highest BCUT2D eigenvalue weighted by Gasteiger charge is 2.15. The Morgan fingerprint density at radius 2 is 2.23 bits per heavy atom. The molecule has 1 aromatic rings. The molecule has 1 aromatic carbocycles. The van der Waals surface area contributed by atoms with Gasteiger partial charge in [-0.15, -0.1) is 0 Å². The molecule has 0 N–H and O–H groups in total. The molecule has 2 heteroatoms. The van der Waals surface area contributed by atoms with E-state index in [4.69, 9.17) is 0 Å². The summed E-state index contributed by atoms with van der Waals surface area (Å²) in [6, 6.07) is 8.39. The molecule has 69 valence electrons. The molecular weight excluding hydrogens is 160 g/mol. The van der Waals surface area contributed by atoms with Gasteiger partial charge in [0.1, 0.15) is 0 Å². The van der Waals surface area contributed by atoms with Crippen LogP contribution in [0.3, 0.4) is 0 Å². The molecule has 2 rings (SSSR count). The van der Waals surface area contributed by atoms with Gasteiger partial charge in [0.25, 0.3) is 0 Å². The molecule has 1 aliphatic rings. The minimum atomic E-state index is 0.941. The first kappa shape index (κ1) is 8.42. The molecule has 0 saturated heterocycles. The molecule has 0 atom stereocenters. The van der Waals surface area contributed by atoms with E-state index < -0.39 is 0 Å². The van der Waals surface area contributed by atoms with Crippen molar-refractivity contribution in [3.05, 3.63) is 24.3 Å². The maximum absolute atomic E-state index is 4.48. The minimum Gasteiger partial charge on any atom is -0.368 e. The van der Waals surface area contributed by atoms with E-state index in [1.54, 1.807) is 0 Å². The zero-order valence-corrected chi connectivity index (χ0v) is 8.03. The quantitative estimate of drug-likeness (QED) is 0.673. The maximum Gasteiger partial charge on any atom is 0.0808 e. The summed E-state index contributed by atoms with van der Waals surface area (Å²) >= 11 is 0. The number of benzene rings is 1. The predicted molar refractivity (Wildman–Crippen MR) is 55.6 cm³/mol. The number of para-hydroxylation sites is 2. The van der Waals surface area contributed by atoms with Crippen LogP contribution in [0.1, 0.15) is 13.3 Å². The summed E-state index contributed by atoms with van der Waals surface area (Å²) in [6.07, 6.45) is 1.20. The van der Waals surface area contributed by atoms with E-state index in [1.807, 2.05) is 0 Å². The largest absolute Gasteiger partial charge is 0.368 e. The van der Waals surface area contributed by atoms with Crippen LogP contribution in [0, 0.1) is 0 Å². The van der Waals surface area contributed by atoms with Gasteiger partial charge in [0, 0.05) is 13.1 Å². The van der Waals surface area contributed by atoms with Crippen molar-refractivity contribution in [1.29, 1.82) is 0 Å². The number of fused-ring (bicyclic) bond motifs is 1. The third-order valence-corrected chi connectivity index (χ3v) is 2.37. The first-order valence-corrected chi connectivity index (χ1v) is 4.93. The number of anilines is 1. The summed E-state index contributed by atoms with van der Waals surface area (Å²) in [5.41, 5.74) is 2.46. The highest BCUT2D eigenvalue weighted by atomic mass is 15.2. The average Bonchev–Trinajstić information content (AvgIpc) is 2.19. The van der Waals surface area contributed by atoms with E-state index >= 15 is 0 Å². The van der Waals surface area contributed by atoms with E-state index in [9.17, 15) is 0 Å². The third-order valence-electron chi connectivity index (χ3n) is 2.37. The highest BCUT2D eigenvalue weighted by molar-refractivity contribution is 5.67. The fourth-order valence-electron chi connectivity index (χ4n) is 1.78. The van der Waals surface area contributed by atoms with Gasteiger partial charge >= 0.3 is 0 Å². The number of nitrogens with zero attached hydrogens (tertiary/aromatic N) is 2. The molecule has 13 heavy (non-hydrogen) atoms. The van der Waals surface area contributed by atoms with Gasteiger partial charge in [-0.25, -0.2) is 0 Å². The summed E-state index contributed by atoms with van der Waals surface area (Å²) in [5, 5.41) is 4.48. The second-order valence-electron chi connectivity index (χ2n) is 3.36. The zero-order valence-electron chi connectivity index (χ0n) is 8.03. The summed E-state index contributed by atoms with van der Waals surface area (Å²) in [7, 11) is 0. The molecule has 0 saturated carbocycles. The average molecular weight is 175 g/mol. The Bertz CT molecular complexity index is 283. The smallest absolute Gasteiger partial charge is 0.0808 e. The summed E-state index contributed by atoms with van der Waals surface area (Å²) in [4.78, 5) is 2.42. The minimum absolute atomic E-state index is 0.941. The molecule has 0 unspecified atom stereocenters. The highest BCUT2D eigenvalue weighted by Crippen LogP contribution is 2.28. The number of hydrogen-bond acceptors (Lipinski definition) is 1. The SMILES string of the molecule is CCCN1CC[N]c2ccccc21. The van der Waals surface area contributed by atoms with Gasteiger partial charge in [-0.3, -0.25) is 5.32 Å². The Morgan fingerprint density at radius 1 is 1.38 bits per heavy atom. The molecule has 0 aliphatic carbocycles. The molecule has 0 aromatic heterocycles. The molecule has 0 spiro atoms. The van der Waals surface area contributed by atoms with Crippen LogP contribution >= 0.6 is 0 Å². The first-order valence-electron chi connectivity index (χ1n) is 4.93. The lowest BCUT2D eigenvalue weighted by Crippen LogP contribution is -2.33. The van der Waals surface area contributed by atoms with Crippen LogP contribution in [0.25, 0.3) is 0 Å². The predicted octanol–water partition coefficient (Wildman–Crippen LogP) is 2.15. The standard InChI is InChI=1S/C11H15N2/c1-2-8-13-9-7-12-10-5-3-4-6-11(10)13/h3-6H,2,7-9H2,1H3. The maximum atomic E-state index is 4.48. The van der Waals surface area contributed by atoms with Crippen molar-refractivity contribution < 1.29 is 0 Å². The second kappa shape index (κ2) is 3.69. The Morgan fingerprint density at radius 3 is 3.08 bits per heavy atom. The lowest BCUT2D eigenvalue weighted by Gasteiger charge is -2.30. The van der Waals surface area contributed by atoms with Crippen LogP contribution in [-0.2, 0) is 0 Å². The molecule has 0 bridgehead atoms. The Hall–Kier alpha value is -1.18. The van der Waals surface area contributed by atoms with Gasteiger partial charge in [-0.1, -0.05) is 19.1 Å². The van der Waals surface area contributed by atoms with E-state index in [2.05, 4.69) is 41.4 Å². The van der Waals surface area contributed by atoms with Crippen molar-refractivity contribution in [3.8, 4) is 0 Å². The topological polar surface area (TPSA) is 17.3 Å². The van der Waals surface area contributed by atoms with Gasteiger partial charge in [-0.05, 0) is 18.6 Å². The number of hydrogen-bond donors (Lipinski definition) is 0. The van der Waals surface area contributed by atoms with Gasteiger partial charge in [0.2, 0.25) is 0 Å². The van der Waals surface area contributed by atoms with E-state index in [-0.39, 0.29) is 0 Å². The van der Waals surface area contributed by atoms with E-state index in [1.165, 1.54) is 12.1 Å². The fraction of sp³-hybridized carbons (Fsp3) is 0.455. The third kappa shape index (κ3) is 1.62. The lowest BCUT2D eigenvalue weighted by molar-refractivity contribution is 0.694. The number of rotatable bonds is 2. The van der Waals surface area contributed by atoms with Crippen molar-refractivity contribution in [2.45, 2.75) is 13.3 Å².